The van der Waals surface area contributed by atoms with Gasteiger partial charge in [0.05, 0.1) is 0 Å². The summed E-state index contributed by atoms with van der Waals surface area (Å²) in [5.41, 5.74) is 10.9. The van der Waals surface area contributed by atoms with Gasteiger partial charge in [-0.1, -0.05) is 48.5 Å². The highest BCUT2D eigenvalue weighted by Crippen LogP contribution is 2.26. The van der Waals surface area contributed by atoms with Crippen molar-refractivity contribution in [2.45, 2.75) is 32.1 Å². The van der Waals surface area contributed by atoms with Crippen molar-refractivity contribution < 1.29 is 4.79 Å². The van der Waals surface area contributed by atoms with E-state index in [-0.39, 0.29) is 11.8 Å². The van der Waals surface area contributed by atoms with Crippen LogP contribution in [0.25, 0.3) is 0 Å². The summed E-state index contributed by atoms with van der Waals surface area (Å²) in [6.45, 7) is 0. The first-order valence-electron chi connectivity index (χ1n) is 7.66. The molecule has 108 valence electrons. The third-order valence-electron chi connectivity index (χ3n) is 4.45. The molecular formula is C19H21NO. The van der Waals surface area contributed by atoms with Crippen molar-refractivity contribution in [3.8, 4) is 0 Å². The van der Waals surface area contributed by atoms with Gasteiger partial charge < -0.3 is 5.73 Å². The van der Waals surface area contributed by atoms with Crippen LogP contribution in [0.15, 0.2) is 48.5 Å². The third-order valence-corrected chi connectivity index (χ3v) is 4.45. The molecule has 2 aromatic carbocycles. The van der Waals surface area contributed by atoms with Gasteiger partial charge in [0.2, 0.25) is 5.91 Å². The number of primary amides is 1. The molecule has 0 saturated heterocycles. The molecule has 0 aromatic heterocycles. The summed E-state index contributed by atoms with van der Waals surface area (Å²) in [5.74, 6) is -0.141. The zero-order valence-electron chi connectivity index (χ0n) is 12.2. The van der Waals surface area contributed by atoms with Crippen molar-refractivity contribution in [1.82, 2.24) is 0 Å². The summed E-state index contributed by atoms with van der Waals surface area (Å²) < 4.78 is 0. The number of hydrogen-bond acceptors (Lipinski definition) is 1. The fourth-order valence-electron chi connectivity index (χ4n) is 3.14. The summed E-state index contributed by atoms with van der Waals surface area (Å²) in [7, 11) is 0. The number of hydrogen-bond donors (Lipinski definition) is 1. The highest BCUT2D eigenvalue weighted by Gasteiger charge is 2.22. The van der Waals surface area contributed by atoms with Crippen LogP contribution in [-0.4, -0.2) is 5.91 Å². The number of aryl methyl sites for hydroxylation is 3. The van der Waals surface area contributed by atoms with Gasteiger partial charge in [-0.3, -0.25) is 4.79 Å². The summed E-state index contributed by atoms with van der Waals surface area (Å²) in [5, 5.41) is 0. The SMILES string of the molecule is NC(=O)C1CCc2ccc(CCc3ccccc3)cc2C1. The number of fused-ring (bicyclic) bond motifs is 1. The third kappa shape index (κ3) is 3.33. The predicted octanol–water partition coefficient (Wildman–Crippen LogP) is 3.06. The van der Waals surface area contributed by atoms with Crippen LogP contribution in [0.4, 0.5) is 0 Å². The van der Waals surface area contributed by atoms with Crippen LogP contribution < -0.4 is 5.73 Å². The van der Waals surface area contributed by atoms with E-state index < -0.39 is 0 Å². The Morgan fingerprint density at radius 1 is 1.00 bits per heavy atom. The Bertz CT molecular complexity index is 633. The van der Waals surface area contributed by atoms with Crippen molar-refractivity contribution in [3.63, 3.8) is 0 Å². The number of carbonyl (C=O) groups excluding carboxylic acids is 1. The zero-order chi connectivity index (χ0) is 14.7. The first-order chi connectivity index (χ1) is 10.2. The molecule has 1 atom stereocenters. The van der Waals surface area contributed by atoms with Gasteiger partial charge in [-0.15, -0.1) is 0 Å². The van der Waals surface area contributed by atoms with E-state index in [4.69, 9.17) is 5.73 Å². The van der Waals surface area contributed by atoms with Crippen LogP contribution in [0.5, 0.6) is 0 Å². The number of amides is 1. The van der Waals surface area contributed by atoms with Gasteiger partial charge in [0.1, 0.15) is 0 Å². The van der Waals surface area contributed by atoms with E-state index in [2.05, 4.69) is 42.5 Å². The molecule has 1 unspecified atom stereocenters. The normalized spacial score (nSPS) is 17.2. The number of rotatable bonds is 4. The maximum absolute atomic E-state index is 11.4. The molecule has 0 saturated carbocycles. The minimum absolute atomic E-state index is 0.0156. The first kappa shape index (κ1) is 13.9. The van der Waals surface area contributed by atoms with Gasteiger partial charge in [0.25, 0.3) is 0 Å². The Balaban J connectivity index is 1.71. The molecule has 2 nitrogen and oxygen atoms in total. The number of carbonyl (C=O) groups is 1. The molecule has 1 amide bonds. The lowest BCUT2D eigenvalue weighted by Gasteiger charge is -2.22. The minimum atomic E-state index is -0.157. The molecular weight excluding hydrogens is 258 g/mol. The quantitative estimate of drug-likeness (QED) is 0.918. The molecule has 2 heteroatoms. The second-order valence-electron chi connectivity index (χ2n) is 5.93. The van der Waals surface area contributed by atoms with Crippen LogP contribution in [0.1, 0.15) is 28.7 Å². The van der Waals surface area contributed by atoms with Crippen molar-refractivity contribution in [2.75, 3.05) is 0 Å². The van der Waals surface area contributed by atoms with E-state index in [1.165, 1.54) is 22.3 Å². The topological polar surface area (TPSA) is 43.1 Å². The minimum Gasteiger partial charge on any atom is -0.369 e. The van der Waals surface area contributed by atoms with E-state index in [1.54, 1.807) is 0 Å². The predicted molar refractivity (Wildman–Crippen MR) is 85.0 cm³/mol. The number of nitrogens with two attached hydrogens (primary N) is 1. The van der Waals surface area contributed by atoms with Crippen LogP contribution >= 0.6 is 0 Å². The van der Waals surface area contributed by atoms with Crippen LogP contribution in [0.2, 0.25) is 0 Å². The summed E-state index contributed by atoms with van der Waals surface area (Å²) in [6.07, 6.45) is 4.77. The van der Waals surface area contributed by atoms with E-state index in [1.807, 2.05) is 6.07 Å². The molecule has 0 heterocycles. The van der Waals surface area contributed by atoms with Gasteiger partial charge in [0.15, 0.2) is 0 Å². The molecule has 0 radical (unpaired) electrons. The second kappa shape index (κ2) is 6.13. The lowest BCUT2D eigenvalue weighted by molar-refractivity contribution is -0.122. The second-order valence-corrected chi connectivity index (χ2v) is 5.93. The molecule has 1 aliphatic carbocycles. The zero-order valence-corrected chi connectivity index (χ0v) is 12.2. The van der Waals surface area contributed by atoms with E-state index in [9.17, 15) is 4.79 Å². The average molecular weight is 279 g/mol. The van der Waals surface area contributed by atoms with Gasteiger partial charge in [0, 0.05) is 5.92 Å². The fraction of sp³-hybridized carbons (Fsp3) is 0.316. The summed E-state index contributed by atoms with van der Waals surface area (Å²) in [6, 6.07) is 17.3. The Morgan fingerprint density at radius 2 is 1.76 bits per heavy atom. The van der Waals surface area contributed by atoms with Gasteiger partial charge >= 0.3 is 0 Å². The van der Waals surface area contributed by atoms with E-state index >= 15 is 0 Å². The maximum atomic E-state index is 11.4. The monoisotopic (exact) mass is 279 g/mol. The van der Waals surface area contributed by atoms with E-state index in [0.29, 0.717) is 0 Å². The molecule has 1 aliphatic rings. The van der Waals surface area contributed by atoms with Gasteiger partial charge in [-0.2, -0.15) is 0 Å². The maximum Gasteiger partial charge on any atom is 0.220 e. The van der Waals surface area contributed by atoms with Crippen molar-refractivity contribution in [3.05, 3.63) is 70.8 Å². The van der Waals surface area contributed by atoms with Crippen LogP contribution in [0.3, 0.4) is 0 Å². The smallest absolute Gasteiger partial charge is 0.220 e. The van der Waals surface area contributed by atoms with Crippen molar-refractivity contribution >= 4 is 5.91 Å². The molecule has 2 aromatic rings. The molecule has 3 rings (SSSR count). The summed E-state index contributed by atoms with van der Waals surface area (Å²) >= 11 is 0. The average Bonchev–Trinajstić information content (AvgIpc) is 2.53. The van der Waals surface area contributed by atoms with Gasteiger partial charge in [-0.05, 0) is 54.4 Å². The first-order valence-corrected chi connectivity index (χ1v) is 7.66. The van der Waals surface area contributed by atoms with Gasteiger partial charge in [-0.25, -0.2) is 0 Å². The Labute approximate surface area is 126 Å². The Kier molecular flexibility index (Phi) is 4.05. The highest BCUT2D eigenvalue weighted by molar-refractivity contribution is 5.77. The largest absolute Gasteiger partial charge is 0.369 e. The van der Waals surface area contributed by atoms with Crippen molar-refractivity contribution in [2.24, 2.45) is 11.7 Å². The molecule has 0 aliphatic heterocycles. The standard InChI is InChI=1S/C19H21NO/c20-19(21)17-11-10-16-9-8-15(12-18(16)13-17)7-6-14-4-2-1-3-5-14/h1-5,8-9,12,17H,6-7,10-11,13H2,(H2,20,21). The molecule has 0 spiro atoms. The van der Waals surface area contributed by atoms with E-state index in [0.717, 1.165) is 32.1 Å². The number of benzene rings is 2. The van der Waals surface area contributed by atoms with Crippen LogP contribution in [0, 0.1) is 5.92 Å². The fourth-order valence-corrected chi connectivity index (χ4v) is 3.14. The molecule has 21 heavy (non-hydrogen) atoms. The Hall–Kier alpha value is -2.09. The Morgan fingerprint density at radius 3 is 2.52 bits per heavy atom. The molecule has 0 fully saturated rings. The highest BCUT2D eigenvalue weighted by atomic mass is 16.1. The molecule has 2 N–H and O–H groups in total. The molecule has 0 bridgehead atoms. The summed E-state index contributed by atoms with van der Waals surface area (Å²) in [4.78, 5) is 11.4. The lowest BCUT2D eigenvalue weighted by Crippen LogP contribution is -2.28. The van der Waals surface area contributed by atoms with Crippen molar-refractivity contribution in [1.29, 1.82) is 0 Å². The lowest BCUT2D eigenvalue weighted by atomic mass is 9.82. The van der Waals surface area contributed by atoms with Crippen LogP contribution in [-0.2, 0) is 30.5 Å².